The molecule has 8 heteroatoms. The summed E-state index contributed by atoms with van der Waals surface area (Å²) >= 11 is 0. The van der Waals surface area contributed by atoms with E-state index in [0.29, 0.717) is 29.6 Å². The summed E-state index contributed by atoms with van der Waals surface area (Å²) in [7, 11) is 1.68. The van der Waals surface area contributed by atoms with Gasteiger partial charge in [-0.2, -0.15) is 0 Å². The predicted octanol–water partition coefficient (Wildman–Crippen LogP) is 4.42. The van der Waals surface area contributed by atoms with Gasteiger partial charge in [0.15, 0.2) is 0 Å². The van der Waals surface area contributed by atoms with E-state index in [2.05, 4.69) is 17.1 Å². The molecule has 3 rings (SSSR count). The molecule has 0 bridgehead atoms. The summed E-state index contributed by atoms with van der Waals surface area (Å²) in [5.74, 6) is 0.723. The number of methoxy groups -OCH3 is 1. The quantitative estimate of drug-likeness (QED) is 0.174. The van der Waals surface area contributed by atoms with Gasteiger partial charge in [-0.15, -0.1) is 5.69 Å². The second-order valence-electron chi connectivity index (χ2n) is 8.76. The van der Waals surface area contributed by atoms with E-state index in [9.17, 15) is 4.79 Å². The van der Waals surface area contributed by atoms with Crippen molar-refractivity contribution in [2.45, 2.75) is 51.6 Å². The number of unbranched alkanes of at least 4 members (excludes halogenated alkanes) is 5. The first-order valence-electron chi connectivity index (χ1n) is 12.6. The fraction of sp³-hybridized carbons (Fsp3) is 0.333. The number of pyridine rings is 1. The van der Waals surface area contributed by atoms with E-state index in [1.54, 1.807) is 37.4 Å². The standard InChI is InChI=1S/C30H35N2O5.Li/c1-35-26-14-12-23(13-15-26)9-6-4-2-3-5-7-20-36-28-17-18-29(32-27(28)16-19-30(33)34)37-22-24-10-8-11-25(31)21-24;/h8,10-19,21,31H,2-7,9,20,22H2,1H3,(H,33,34);/q-1;+1. The Hall–Kier alpha value is -3.40. The summed E-state index contributed by atoms with van der Waals surface area (Å²) in [6.07, 6.45) is 10.3. The molecule has 1 aromatic heterocycles. The molecule has 0 aliphatic carbocycles. The van der Waals surface area contributed by atoms with Crippen molar-refractivity contribution in [3.05, 3.63) is 89.3 Å². The first-order chi connectivity index (χ1) is 18.0. The third-order valence-corrected chi connectivity index (χ3v) is 5.83. The maximum absolute atomic E-state index is 11.0. The molecule has 0 saturated heterocycles. The number of aromatic nitrogens is 1. The first kappa shape index (κ1) is 30.8. The van der Waals surface area contributed by atoms with Crippen molar-refractivity contribution in [1.29, 1.82) is 0 Å². The van der Waals surface area contributed by atoms with Crippen molar-refractivity contribution < 1.29 is 43.0 Å². The van der Waals surface area contributed by atoms with Crippen LogP contribution >= 0.6 is 0 Å². The Morgan fingerprint density at radius 2 is 1.66 bits per heavy atom. The molecule has 0 aliphatic rings. The SMILES string of the molecule is COc1ccc(CCCCCCCCOc2ccc(OCc3cccc([NH-])c3)nc2C=CC(=O)O)cc1.[Li+]. The Balaban J connectivity index is 0.00000507. The van der Waals surface area contributed by atoms with E-state index in [0.717, 1.165) is 43.1 Å². The molecule has 38 heavy (non-hydrogen) atoms. The molecule has 0 amide bonds. The largest absolute Gasteiger partial charge is 1.00 e. The van der Waals surface area contributed by atoms with E-state index >= 15 is 0 Å². The van der Waals surface area contributed by atoms with Crippen molar-refractivity contribution >= 4 is 17.7 Å². The average Bonchev–Trinajstić information content (AvgIpc) is 2.90. The summed E-state index contributed by atoms with van der Waals surface area (Å²) in [4.78, 5) is 15.4. The van der Waals surface area contributed by atoms with Gasteiger partial charge in [-0.1, -0.05) is 62.1 Å². The number of hydrogen-bond donors (Lipinski definition) is 1. The third-order valence-electron chi connectivity index (χ3n) is 5.83. The fourth-order valence-corrected chi connectivity index (χ4v) is 3.85. The Morgan fingerprint density at radius 1 is 0.921 bits per heavy atom. The zero-order valence-corrected chi connectivity index (χ0v) is 22.3. The van der Waals surface area contributed by atoms with Crippen LogP contribution in [-0.4, -0.2) is 29.8 Å². The molecule has 7 nitrogen and oxygen atoms in total. The first-order valence-corrected chi connectivity index (χ1v) is 12.6. The van der Waals surface area contributed by atoms with Crippen molar-refractivity contribution in [1.82, 2.24) is 4.98 Å². The number of ether oxygens (including phenoxy) is 3. The monoisotopic (exact) mass is 510 g/mol. The van der Waals surface area contributed by atoms with Gasteiger partial charge in [0, 0.05) is 12.1 Å². The van der Waals surface area contributed by atoms with Crippen LogP contribution in [0.1, 0.15) is 55.3 Å². The predicted molar refractivity (Wildman–Crippen MR) is 146 cm³/mol. The van der Waals surface area contributed by atoms with Gasteiger partial charge < -0.3 is 25.1 Å². The molecule has 3 aromatic rings. The van der Waals surface area contributed by atoms with Gasteiger partial charge >= 0.3 is 24.8 Å². The second-order valence-corrected chi connectivity index (χ2v) is 8.76. The van der Waals surface area contributed by atoms with Crippen LogP contribution in [0.4, 0.5) is 5.69 Å². The molecule has 0 saturated carbocycles. The number of aryl methyl sites for hydroxylation is 1. The van der Waals surface area contributed by atoms with Crippen LogP contribution in [0.25, 0.3) is 11.8 Å². The summed E-state index contributed by atoms with van der Waals surface area (Å²) in [5.41, 5.74) is 10.7. The number of carbonyl (C=O) groups is 1. The molecule has 0 fully saturated rings. The van der Waals surface area contributed by atoms with Crippen molar-refractivity contribution in [2.75, 3.05) is 13.7 Å². The molecular formula is C30H35LiN2O5. The topological polar surface area (TPSA) is 102 Å². The summed E-state index contributed by atoms with van der Waals surface area (Å²) in [5, 5.41) is 9.02. The molecule has 2 aromatic carbocycles. The second kappa shape index (κ2) is 17.2. The molecular weight excluding hydrogens is 475 g/mol. The smallest absolute Gasteiger partial charge is 0.699 e. The number of nitrogens with zero attached hydrogens (tertiary/aromatic N) is 1. The third kappa shape index (κ3) is 11.3. The number of hydrogen-bond acceptors (Lipinski definition) is 5. The van der Waals surface area contributed by atoms with Crippen LogP contribution in [0.5, 0.6) is 17.4 Å². The summed E-state index contributed by atoms with van der Waals surface area (Å²) < 4.78 is 16.8. The Labute approximate surface area is 237 Å². The summed E-state index contributed by atoms with van der Waals surface area (Å²) in [6, 6.07) is 18.8. The number of benzene rings is 2. The van der Waals surface area contributed by atoms with Gasteiger partial charge in [-0.25, -0.2) is 9.78 Å². The molecule has 0 radical (unpaired) electrons. The molecule has 0 aliphatic heterocycles. The maximum atomic E-state index is 11.0. The number of aliphatic carboxylic acids is 1. The van der Waals surface area contributed by atoms with Gasteiger partial charge in [0.25, 0.3) is 0 Å². The van der Waals surface area contributed by atoms with E-state index in [1.165, 1.54) is 30.9 Å². The zero-order chi connectivity index (χ0) is 26.3. The molecule has 0 atom stereocenters. The minimum absolute atomic E-state index is 0. The van der Waals surface area contributed by atoms with Crippen LogP contribution in [0.3, 0.4) is 0 Å². The normalized spacial score (nSPS) is 10.7. The van der Waals surface area contributed by atoms with Gasteiger partial charge in [-0.05, 0) is 54.7 Å². The van der Waals surface area contributed by atoms with Crippen LogP contribution in [0, 0.1) is 0 Å². The van der Waals surface area contributed by atoms with Gasteiger partial charge in [0.05, 0.1) is 13.7 Å². The molecule has 196 valence electrons. The van der Waals surface area contributed by atoms with Crippen molar-refractivity contribution in [2.24, 2.45) is 0 Å². The van der Waals surface area contributed by atoms with Gasteiger partial charge in [0.2, 0.25) is 5.88 Å². The maximum Gasteiger partial charge on any atom is 1.00 e. The molecule has 1 heterocycles. The van der Waals surface area contributed by atoms with Crippen LogP contribution in [-0.2, 0) is 17.8 Å². The Bertz CT molecular complexity index is 1150. The molecule has 0 spiro atoms. The van der Waals surface area contributed by atoms with Crippen LogP contribution < -0.4 is 33.1 Å². The molecule has 2 N–H and O–H groups in total. The van der Waals surface area contributed by atoms with Crippen LogP contribution in [0.15, 0.2) is 66.7 Å². The van der Waals surface area contributed by atoms with Gasteiger partial charge in [0.1, 0.15) is 23.8 Å². The van der Waals surface area contributed by atoms with E-state index in [4.69, 9.17) is 25.1 Å². The molecule has 0 unspecified atom stereocenters. The van der Waals surface area contributed by atoms with Crippen LogP contribution in [0.2, 0.25) is 0 Å². The number of nitrogens with one attached hydrogen (secondary N) is 1. The number of carboxylic acids is 1. The summed E-state index contributed by atoms with van der Waals surface area (Å²) in [6.45, 7) is 0.806. The number of carboxylic acid groups (broad SMARTS) is 1. The minimum atomic E-state index is -1.06. The van der Waals surface area contributed by atoms with Gasteiger partial charge in [-0.3, -0.25) is 0 Å². The van der Waals surface area contributed by atoms with Crippen molar-refractivity contribution in [3.8, 4) is 17.4 Å². The Morgan fingerprint density at radius 3 is 2.37 bits per heavy atom. The van der Waals surface area contributed by atoms with E-state index in [-0.39, 0.29) is 25.5 Å². The zero-order valence-electron chi connectivity index (χ0n) is 22.3. The van der Waals surface area contributed by atoms with Crippen molar-refractivity contribution in [3.63, 3.8) is 0 Å². The fourth-order valence-electron chi connectivity index (χ4n) is 3.85. The van der Waals surface area contributed by atoms with E-state index < -0.39 is 5.97 Å². The van der Waals surface area contributed by atoms with E-state index in [1.807, 2.05) is 18.2 Å². The average molecular weight is 511 g/mol. The number of rotatable bonds is 16. The minimum Gasteiger partial charge on any atom is -0.699 e. The Kier molecular flexibility index (Phi) is 13.9.